The molecule has 34 heavy (non-hydrogen) atoms. The van der Waals surface area contributed by atoms with Gasteiger partial charge in [-0.15, -0.1) is 0 Å². The Labute approximate surface area is 198 Å². The van der Waals surface area contributed by atoms with E-state index in [9.17, 15) is 19.5 Å². The zero-order valence-electron chi connectivity index (χ0n) is 19.0. The molecule has 2 amide bonds. The van der Waals surface area contributed by atoms with Crippen LogP contribution >= 0.6 is 0 Å². The Balaban J connectivity index is 1.13. The summed E-state index contributed by atoms with van der Waals surface area (Å²) in [6.45, 7) is 0.815. The second kappa shape index (κ2) is 10.3. The van der Waals surface area contributed by atoms with E-state index in [0.29, 0.717) is 25.8 Å². The summed E-state index contributed by atoms with van der Waals surface area (Å²) in [7, 11) is 0. The molecule has 1 saturated heterocycles. The summed E-state index contributed by atoms with van der Waals surface area (Å²) in [5, 5.41) is 21.8. The molecule has 4 rings (SSSR count). The van der Waals surface area contributed by atoms with Gasteiger partial charge in [-0.1, -0.05) is 55.0 Å². The van der Waals surface area contributed by atoms with E-state index in [1.165, 1.54) is 27.2 Å². The van der Waals surface area contributed by atoms with Gasteiger partial charge in [0, 0.05) is 31.8 Å². The van der Waals surface area contributed by atoms with Crippen LogP contribution in [0.4, 0.5) is 4.79 Å². The molecule has 1 aliphatic carbocycles. The number of hydrogen-bond donors (Lipinski definition) is 3. The van der Waals surface area contributed by atoms with Gasteiger partial charge in [0.1, 0.15) is 6.61 Å². The number of benzene rings is 2. The van der Waals surface area contributed by atoms with Crippen molar-refractivity contribution in [2.24, 2.45) is 0 Å². The normalized spacial score (nSPS) is 18.9. The lowest BCUT2D eigenvalue weighted by Crippen LogP contribution is -2.42. The maximum Gasteiger partial charge on any atom is 0.407 e. The number of carbonyl (C=O) groups is 3. The van der Waals surface area contributed by atoms with Gasteiger partial charge in [0.25, 0.3) is 0 Å². The second-order valence-electron chi connectivity index (χ2n) is 8.97. The van der Waals surface area contributed by atoms with Gasteiger partial charge in [-0.05, 0) is 35.1 Å². The highest BCUT2D eigenvalue weighted by Crippen LogP contribution is 2.44. The number of rotatable bonds is 9. The standard InChI is InChI=1S/C26H30N2O6/c29-23(28-15-13-26(33,17-28)24(30)31)12-2-1-7-14-27-25(32)34-16-22-20-10-5-3-8-18(20)19-9-4-6-11-21(19)22/h3-6,8-11,22,33H,1-2,7,12-17H2,(H,27,32)(H,30,31). The average Bonchev–Trinajstić information content (AvgIpc) is 3.39. The van der Waals surface area contributed by atoms with Crippen molar-refractivity contribution in [3.8, 4) is 11.1 Å². The molecule has 180 valence electrons. The molecule has 0 bridgehead atoms. The highest BCUT2D eigenvalue weighted by molar-refractivity contribution is 5.82. The largest absolute Gasteiger partial charge is 0.479 e. The first kappa shape index (κ1) is 23.8. The minimum absolute atomic E-state index is 0.0218. The zero-order chi connectivity index (χ0) is 24.1. The number of amides is 2. The smallest absolute Gasteiger partial charge is 0.407 e. The number of β-amino-alcohol motifs (C(OH)–C–C–N with tert-alkyl or cyclic N) is 1. The third-order valence-electron chi connectivity index (χ3n) is 6.68. The molecule has 0 radical (unpaired) electrons. The number of alkyl carbamates (subject to hydrolysis) is 1. The Morgan fingerprint density at radius 2 is 1.65 bits per heavy atom. The lowest BCUT2D eigenvalue weighted by molar-refractivity contribution is -0.157. The van der Waals surface area contributed by atoms with Gasteiger partial charge in [0.2, 0.25) is 5.91 Å². The van der Waals surface area contributed by atoms with Crippen LogP contribution in [0.2, 0.25) is 0 Å². The number of carboxylic acid groups (broad SMARTS) is 1. The third-order valence-corrected chi connectivity index (χ3v) is 6.68. The summed E-state index contributed by atoms with van der Waals surface area (Å²) in [5.74, 6) is -1.42. The van der Waals surface area contributed by atoms with E-state index >= 15 is 0 Å². The monoisotopic (exact) mass is 466 g/mol. The molecule has 3 N–H and O–H groups in total. The van der Waals surface area contributed by atoms with Crippen LogP contribution in [0.15, 0.2) is 48.5 Å². The van der Waals surface area contributed by atoms with E-state index in [1.807, 2.05) is 24.3 Å². The molecule has 1 atom stereocenters. The van der Waals surface area contributed by atoms with Gasteiger partial charge >= 0.3 is 12.1 Å². The van der Waals surface area contributed by atoms with Crippen LogP contribution in [0.1, 0.15) is 49.1 Å². The van der Waals surface area contributed by atoms with Crippen LogP contribution in [0.5, 0.6) is 0 Å². The summed E-state index contributed by atoms with van der Waals surface area (Å²) in [5.41, 5.74) is 2.87. The van der Waals surface area contributed by atoms with E-state index in [-0.39, 0.29) is 37.9 Å². The van der Waals surface area contributed by atoms with Crippen LogP contribution in [0, 0.1) is 0 Å². The van der Waals surface area contributed by atoms with Crippen molar-refractivity contribution in [2.45, 2.75) is 43.6 Å². The van der Waals surface area contributed by atoms with E-state index in [4.69, 9.17) is 9.84 Å². The number of unbranched alkanes of at least 4 members (excludes halogenated alkanes) is 2. The number of aliphatic carboxylic acids is 1. The van der Waals surface area contributed by atoms with Crippen molar-refractivity contribution in [2.75, 3.05) is 26.2 Å². The Kier molecular flexibility index (Phi) is 7.17. The number of carboxylic acids is 1. The highest BCUT2D eigenvalue weighted by atomic mass is 16.5. The molecule has 2 aromatic rings. The Bertz CT molecular complexity index is 1030. The fourth-order valence-electron chi connectivity index (χ4n) is 4.76. The topological polar surface area (TPSA) is 116 Å². The Morgan fingerprint density at radius 3 is 2.26 bits per heavy atom. The first-order valence-electron chi connectivity index (χ1n) is 11.7. The molecule has 8 nitrogen and oxygen atoms in total. The lowest BCUT2D eigenvalue weighted by Gasteiger charge is -2.19. The first-order valence-corrected chi connectivity index (χ1v) is 11.7. The summed E-state index contributed by atoms with van der Waals surface area (Å²) < 4.78 is 5.51. The molecule has 1 heterocycles. The second-order valence-corrected chi connectivity index (χ2v) is 8.97. The molecular formula is C26H30N2O6. The number of aliphatic hydroxyl groups is 1. The molecule has 8 heteroatoms. The number of carbonyl (C=O) groups excluding carboxylic acids is 2. The number of nitrogens with zero attached hydrogens (tertiary/aromatic N) is 1. The summed E-state index contributed by atoms with van der Waals surface area (Å²) >= 11 is 0. The molecule has 0 aromatic heterocycles. The minimum Gasteiger partial charge on any atom is -0.479 e. The lowest BCUT2D eigenvalue weighted by atomic mass is 9.98. The van der Waals surface area contributed by atoms with E-state index in [0.717, 1.165) is 6.42 Å². The average molecular weight is 467 g/mol. The molecular weight excluding hydrogens is 436 g/mol. The van der Waals surface area contributed by atoms with Crippen molar-refractivity contribution in [3.05, 3.63) is 59.7 Å². The van der Waals surface area contributed by atoms with E-state index in [2.05, 4.69) is 29.6 Å². The predicted octanol–water partition coefficient (Wildman–Crippen LogP) is 3.13. The summed E-state index contributed by atoms with van der Waals surface area (Å²) in [6.07, 6.45) is 1.97. The number of ether oxygens (including phenoxy) is 1. The van der Waals surface area contributed by atoms with Crippen LogP contribution in [-0.2, 0) is 14.3 Å². The number of fused-ring (bicyclic) bond motifs is 3. The van der Waals surface area contributed by atoms with Gasteiger partial charge < -0.3 is 25.2 Å². The summed E-state index contributed by atoms with van der Waals surface area (Å²) in [6, 6.07) is 16.4. The maximum absolute atomic E-state index is 12.2. The molecule has 1 unspecified atom stereocenters. The Morgan fingerprint density at radius 1 is 1.00 bits per heavy atom. The van der Waals surface area contributed by atoms with Crippen molar-refractivity contribution in [1.29, 1.82) is 0 Å². The molecule has 0 spiro atoms. The van der Waals surface area contributed by atoms with Crippen molar-refractivity contribution in [1.82, 2.24) is 10.2 Å². The fraction of sp³-hybridized carbons (Fsp3) is 0.423. The van der Waals surface area contributed by atoms with Crippen LogP contribution in [-0.4, -0.2) is 64.9 Å². The van der Waals surface area contributed by atoms with Crippen molar-refractivity contribution >= 4 is 18.0 Å². The molecule has 1 fully saturated rings. The maximum atomic E-state index is 12.2. The van der Waals surface area contributed by atoms with Gasteiger partial charge in [0.15, 0.2) is 5.60 Å². The van der Waals surface area contributed by atoms with Gasteiger partial charge in [0.05, 0.1) is 6.54 Å². The predicted molar refractivity (Wildman–Crippen MR) is 125 cm³/mol. The van der Waals surface area contributed by atoms with Crippen LogP contribution in [0.25, 0.3) is 11.1 Å². The third kappa shape index (κ3) is 5.07. The number of nitrogens with one attached hydrogen (secondary N) is 1. The number of hydrogen-bond acceptors (Lipinski definition) is 5. The molecule has 1 aliphatic heterocycles. The highest BCUT2D eigenvalue weighted by Gasteiger charge is 2.44. The SMILES string of the molecule is O=C(NCCCCCC(=O)N1CCC(O)(C(=O)O)C1)OCC1c2ccccc2-c2ccccc21. The van der Waals surface area contributed by atoms with Gasteiger partial charge in [-0.2, -0.15) is 0 Å². The minimum atomic E-state index is -1.83. The fourth-order valence-corrected chi connectivity index (χ4v) is 4.76. The van der Waals surface area contributed by atoms with Gasteiger partial charge in [-0.25, -0.2) is 9.59 Å². The molecule has 2 aliphatic rings. The van der Waals surface area contributed by atoms with E-state index < -0.39 is 17.7 Å². The Hall–Kier alpha value is -3.39. The van der Waals surface area contributed by atoms with Crippen LogP contribution < -0.4 is 5.32 Å². The van der Waals surface area contributed by atoms with Crippen molar-refractivity contribution in [3.63, 3.8) is 0 Å². The first-order chi connectivity index (χ1) is 16.4. The molecule has 0 saturated carbocycles. The zero-order valence-corrected chi connectivity index (χ0v) is 19.0. The van der Waals surface area contributed by atoms with Crippen LogP contribution in [0.3, 0.4) is 0 Å². The van der Waals surface area contributed by atoms with E-state index in [1.54, 1.807) is 0 Å². The number of likely N-dealkylation sites (tertiary alicyclic amines) is 1. The van der Waals surface area contributed by atoms with Crippen molar-refractivity contribution < 1.29 is 29.3 Å². The summed E-state index contributed by atoms with van der Waals surface area (Å²) in [4.78, 5) is 36.9. The molecule has 2 aromatic carbocycles. The quantitative estimate of drug-likeness (QED) is 0.489. The van der Waals surface area contributed by atoms with Gasteiger partial charge in [-0.3, -0.25) is 4.79 Å².